The zero-order valence-electron chi connectivity index (χ0n) is 20.4. The predicted molar refractivity (Wildman–Crippen MR) is 148 cm³/mol. The Bertz CT molecular complexity index is 1560. The molecule has 2 amide bonds. The Morgan fingerprint density at radius 2 is 2.15 bits per heavy atom. The van der Waals surface area contributed by atoms with Crippen LogP contribution in [0.4, 0.5) is 9.52 Å². The number of hydrogen-bond donors (Lipinski definition) is 5. The highest BCUT2D eigenvalue weighted by molar-refractivity contribution is 8.01. The highest BCUT2D eigenvalue weighted by Gasteiger charge is 2.54. The van der Waals surface area contributed by atoms with E-state index in [1.165, 1.54) is 40.4 Å². The van der Waals surface area contributed by atoms with Crippen molar-refractivity contribution in [1.29, 1.82) is 0 Å². The third kappa shape index (κ3) is 5.92. The summed E-state index contributed by atoms with van der Waals surface area (Å²) in [6.07, 6.45) is 1.57. The Hall–Kier alpha value is -3.94. The normalized spacial score (nSPS) is 18.6. The molecule has 0 spiro atoms. The van der Waals surface area contributed by atoms with Crippen LogP contribution in [0.25, 0.3) is 0 Å². The van der Waals surface area contributed by atoms with Crippen molar-refractivity contribution in [3.05, 3.63) is 52.1 Å². The first-order valence-electron chi connectivity index (χ1n) is 11.4. The number of phenols is 2. The number of oxime groups is 1. The lowest BCUT2D eigenvalue weighted by Crippen LogP contribution is -2.71. The second-order valence-corrected chi connectivity index (χ2v) is 12.4. The Labute approximate surface area is 246 Å². The van der Waals surface area contributed by atoms with Gasteiger partial charge in [-0.15, -0.1) is 40.0 Å². The zero-order valence-corrected chi connectivity index (χ0v) is 23.7. The number of phenolic OH excluding ortho intramolecular Hbond substituents is 2. The Morgan fingerprint density at radius 1 is 1.34 bits per heavy atom. The Balaban J connectivity index is 1.30. The van der Waals surface area contributed by atoms with Crippen molar-refractivity contribution >= 4 is 75.0 Å². The summed E-state index contributed by atoms with van der Waals surface area (Å²) in [5, 5.41) is 39.9. The van der Waals surface area contributed by atoms with Gasteiger partial charge in [-0.2, -0.15) is 0 Å². The molecule has 0 aliphatic carbocycles. The van der Waals surface area contributed by atoms with Gasteiger partial charge in [0.2, 0.25) is 0 Å². The molecule has 1 saturated heterocycles. The number of hydrogen-bond acceptors (Lipinski definition) is 15. The SMILES string of the molecule is Nc1nc(/C(=N/OCc2cc(O)c(O)c(F)c2)C(=O)NC2C(=O)N3C(C(=O)O)=C(CSc4cnns4)CS[C@@H]23)cs1. The molecule has 0 radical (unpaired) electrons. The second kappa shape index (κ2) is 11.9. The minimum atomic E-state index is -1.25. The molecular weight excluding hydrogens is 622 g/mol. The van der Waals surface area contributed by atoms with Crippen molar-refractivity contribution in [1.82, 2.24) is 24.8 Å². The van der Waals surface area contributed by atoms with Gasteiger partial charge in [0.15, 0.2) is 28.2 Å². The highest BCUT2D eigenvalue weighted by atomic mass is 32.2. The van der Waals surface area contributed by atoms with Crippen molar-refractivity contribution in [3.8, 4) is 11.5 Å². The molecule has 5 rings (SSSR count). The lowest BCUT2D eigenvalue weighted by Gasteiger charge is -2.49. The number of nitrogens with two attached hydrogens (primary N) is 1. The van der Waals surface area contributed by atoms with E-state index in [0.717, 1.165) is 32.6 Å². The van der Waals surface area contributed by atoms with E-state index < -0.39 is 46.5 Å². The maximum absolute atomic E-state index is 13.7. The summed E-state index contributed by atoms with van der Waals surface area (Å²) >= 11 is 4.88. The van der Waals surface area contributed by atoms with E-state index in [9.17, 15) is 34.1 Å². The number of halogens is 1. The molecule has 1 unspecified atom stereocenters. The number of anilines is 1. The van der Waals surface area contributed by atoms with Crippen LogP contribution < -0.4 is 11.1 Å². The number of aromatic nitrogens is 3. The molecule has 2 atom stereocenters. The van der Waals surface area contributed by atoms with E-state index in [-0.39, 0.29) is 34.4 Å². The van der Waals surface area contributed by atoms with Gasteiger partial charge < -0.3 is 31.2 Å². The van der Waals surface area contributed by atoms with Gasteiger partial charge in [0.05, 0.1) is 6.20 Å². The summed E-state index contributed by atoms with van der Waals surface area (Å²) in [5.41, 5.74) is 5.95. The number of nitrogens with one attached hydrogen (secondary N) is 1. The van der Waals surface area contributed by atoms with Crippen LogP contribution in [0.2, 0.25) is 0 Å². The summed E-state index contributed by atoms with van der Waals surface area (Å²) in [5.74, 6) is -4.74. The number of nitrogen functional groups attached to an aromatic ring is 1. The lowest BCUT2D eigenvalue weighted by molar-refractivity contribution is -0.150. The van der Waals surface area contributed by atoms with Crippen LogP contribution in [-0.4, -0.2) is 81.2 Å². The molecule has 214 valence electrons. The van der Waals surface area contributed by atoms with E-state index >= 15 is 0 Å². The fourth-order valence-electron chi connectivity index (χ4n) is 3.88. The van der Waals surface area contributed by atoms with Crippen molar-refractivity contribution < 1.29 is 38.9 Å². The van der Waals surface area contributed by atoms with Crippen molar-refractivity contribution in [2.45, 2.75) is 22.2 Å². The number of carboxylic acids is 1. The van der Waals surface area contributed by atoms with Gasteiger partial charge in [-0.3, -0.25) is 14.5 Å². The largest absolute Gasteiger partial charge is 0.504 e. The van der Waals surface area contributed by atoms with Gasteiger partial charge in [0, 0.05) is 16.9 Å². The third-order valence-corrected chi connectivity index (χ3v) is 9.67. The predicted octanol–water partition coefficient (Wildman–Crippen LogP) is 1.58. The van der Waals surface area contributed by atoms with E-state index in [2.05, 4.69) is 25.0 Å². The van der Waals surface area contributed by atoms with Crippen LogP contribution in [-0.2, 0) is 25.8 Å². The maximum atomic E-state index is 13.7. The number of benzene rings is 1. The molecule has 19 heteroatoms. The van der Waals surface area contributed by atoms with E-state index in [4.69, 9.17) is 10.6 Å². The molecule has 0 saturated carbocycles. The smallest absolute Gasteiger partial charge is 0.352 e. The number of carbonyl (C=O) groups excluding carboxylic acids is 2. The number of aliphatic carboxylic acids is 1. The average Bonchev–Trinajstić information content (AvgIpc) is 3.62. The molecule has 0 bridgehead atoms. The van der Waals surface area contributed by atoms with Gasteiger partial charge in [0.1, 0.15) is 33.6 Å². The van der Waals surface area contributed by atoms with Gasteiger partial charge in [-0.25, -0.2) is 14.2 Å². The number of thiazole rings is 1. The van der Waals surface area contributed by atoms with Crippen LogP contribution >= 0.6 is 46.4 Å². The van der Waals surface area contributed by atoms with Crippen LogP contribution in [0, 0.1) is 5.82 Å². The lowest BCUT2D eigenvalue weighted by atomic mass is 10.0. The molecule has 1 aromatic carbocycles. The van der Waals surface area contributed by atoms with Crippen LogP contribution in [0.5, 0.6) is 11.5 Å². The fourth-order valence-corrected chi connectivity index (χ4v) is 7.34. The number of aromatic hydroxyl groups is 2. The molecule has 14 nitrogen and oxygen atoms in total. The summed E-state index contributed by atoms with van der Waals surface area (Å²) in [7, 11) is 0. The zero-order chi connectivity index (χ0) is 29.3. The molecule has 2 aromatic heterocycles. The summed E-state index contributed by atoms with van der Waals surface area (Å²) in [4.78, 5) is 48.8. The number of fused-ring (bicyclic) bond motifs is 1. The standard InChI is InChI=1S/C22H18FN7O7S4/c23-10-1-8(2-12(31)17(10)32)4-37-28-14(11-7-40-22(24)26-11)18(33)27-15-19(34)30-16(21(35)36)9(6-39-20(15)30)5-38-13-3-25-29-41-13/h1-3,7,15,20,31-32H,4-6H2,(H2,24,26)(H,27,33)(H,35,36)/b28-14-/t15?,20-/m0/s1. The fraction of sp³-hybridized carbons (Fsp3) is 0.227. The highest BCUT2D eigenvalue weighted by Crippen LogP contribution is 2.41. The number of carboxylic acid groups (broad SMARTS) is 1. The molecule has 3 aromatic rings. The number of nitrogens with zero attached hydrogens (tertiary/aromatic N) is 5. The minimum absolute atomic E-state index is 0.0487. The summed E-state index contributed by atoms with van der Waals surface area (Å²) < 4.78 is 18.3. The third-order valence-electron chi connectivity index (χ3n) is 5.74. The first-order chi connectivity index (χ1) is 19.6. The van der Waals surface area contributed by atoms with Crippen LogP contribution in [0.15, 0.2) is 44.3 Å². The van der Waals surface area contributed by atoms with Gasteiger partial charge in [0.25, 0.3) is 11.8 Å². The van der Waals surface area contributed by atoms with Crippen LogP contribution in [0.1, 0.15) is 11.3 Å². The van der Waals surface area contributed by atoms with Gasteiger partial charge >= 0.3 is 5.97 Å². The van der Waals surface area contributed by atoms with Crippen molar-refractivity contribution in [3.63, 3.8) is 0 Å². The Morgan fingerprint density at radius 3 is 2.80 bits per heavy atom. The molecule has 2 aliphatic heterocycles. The minimum Gasteiger partial charge on any atom is -0.504 e. The number of β-lactam (4-membered cyclic amide) rings is 1. The van der Waals surface area contributed by atoms with Gasteiger partial charge in [-0.1, -0.05) is 9.64 Å². The topological polar surface area (TPSA) is 213 Å². The molecule has 6 N–H and O–H groups in total. The summed E-state index contributed by atoms with van der Waals surface area (Å²) in [6.45, 7) is -0.388. The molecular formula is C22H18FN7O7S4. The van der Waals surface area contributed by atoms with Crippen LogP contribution in [0.3, 0.4) is 0 Å². The van der Waals surface area contributed by atoms with E-state index in [1.807, 2.05) is 0 Å². The number of thioether (sulfide) groups is 2. The molecule has 41 heavy (non-hydrogen) atoms. The van der Waals surface area contributed by atoms with E-state index in [0.29, 0.717) is 17.1 Å². The first kappa shape index (κ1) is 28.6. The number of rotatable bonds is 10. The molecule has 2 aliphatic rings. The summed E-state index contributed by atoms with van der Waals surface area (Å²) in [6, 6.07) is 0.929. The van der Waals surface area contributed by atoms with Crippen molar-refractivity contribution in [2.75, 3.05) is 17.2 Å². The molecule has 1 fully saturated rings. The van der Waals surface area contributed by atoms with Crippen molar-refractivity contribution in [2.24, 2.45) is 5.16 Å². The second-order valence-electron chi connectivity index (χ2n) is 8.37. The number of carbonyl (C=O) groups is 3. The van der Waals surface area contributed by atoms with Gasteiger partial charge in [-0.05, 0) is 34.8 Å². The molecule has 4 heterocycles. The quantitative estimate of drug-likeness (QED) is 0.0701. The van der Waals surface area contributed by atoms with E-state index in [1.54, 1.807) is 6.20 Å². The monoisotopic (exact) mass is 639 g/mol. The number of amides is 2. The average molecular weight is 640 g/mol. The maximum Gasteiger partial charge on any atom is 0.352 e. The first-order valence-corrected chi connectivity index (χ1v) is 15.1. The Kier molecular flexibility index (Phi) is 8.29.